The van der Waals surface area contributed by atoms with Gasteiger partial charge in [0.1, 0.15) is 16.5 Å². The molecule has 0 radical (unpaired) electrons. The van der Waals surface area contributed by atoms with E-state index in [9.17, 15) is 17.2 Å². The first-order valence-corrected chi connectivity index (χ1v) is 7.35. The molecule has 8 heteroatoms. The van der Waals surface area contributed by atoms with Gasteiger partial charge in [-0.25, -0.2) is 17.2 Å². The summed E-state index contributed by atoms with van der Waals surface area (Å²) in [7, 11) is -4.14. The summed E-state index contributed by atoms with van der Waals surface area (Å²) >= 11 is 0. The van der Waals surface area contributed by atoms with Gasteiger partial charge in [0.05, 0.1) is 17.4 Å². The lowest BCUT2D eigenvalue weighted by molar-refractivity contribution is 0.551. The molecule has 0 amide bonds. The Bertz CT molecular complexity index is 922. The van der Waals surface area contributed by atoms with Crippen molar-refractivity contribution in [1.82, 2.24) is 10.2 Å². The number of hydrogen-bond donors (Lipinski definition) is 2. The Morgan fingerprint density at radius 2 is 1.90 bits per heavy atom. The van der Waals surface area contributed by atoms with Crippen LogP contribution < -0.4 is 4.72 Å². The lowest BCUT2D eigenvalue weighted by Gasteiger charge is -2.09. The normalized spacial score (nSPS) is 11.7. The highest BCUT2D eigenvalue weighted by Crippen LogP contribution is 2.22. The molecule has 5 nitrogen and oxygen atoms in total. The van der Waals surface area contributed by atoms with E-state index in [0.29, 0.717) is 11.6 Å². The Kier molecular flexibility index (Phi) is 3.09. The number of benzene rings is 2. The summed E-state index contributed by atoms with van der Waals surface area (Å²) in [5.41, 5.74) is 0.880. The lowest BCUT2D eigenvalue weighted by atomic mass is 10.2. The van der Waals surface area contributed by atoms with Crippen LogP contribution in [0.2, 0.25) is 0 Å². The molecule has 0 bridgehead atoms. The van der Waals surface area contributed by atoms with Crippen LogP contribution in [0.25, 0.3) is 10.9 Å². The van der Waals surface area contributed by atoms with Crippen molar-refractivity contribution < 1.29 is 17.2 Å². The van der Waals surface area contributed by atoms with Gasteiger partial charge in [-0.05, 0) is 30.3 Å². The van der Waals surface area contributed by atoms with E-state index in [-0.39, 0.29) is 5.69 Å². The number of aromatic nitrogens is 2. The van der Waals surface area contributed by atoms with E-state index < -0.39 is 26.6 Å². The van der Waals surface area contributed by atoms with Gasteiger partial charge < -0.3 is 0 Å². The molecule has 2 aromatic carbocycles. The Labute approximate surface area is 118 Å². The predicted octanol–water partition coefficient (Wildman–Crippen LogP) is 2.64. The van der Waals surface area contributed by atoms with Crippen molar-refractivity contribution in [2.75, 3.05) is 4.72 Å². The van der Waals surface area contributed by atoms with Crippen LogP contribution in [0.5, 0.6) is 0 Å². The Hall–Kier alpha value is -2.48. The van der Waals surface area contributed by atoms with Crippen molar-refractivity contribution in [3.8, 4) is 0 Å². The molecule has 0 spiro atoms. The van der Waals surface area contributed by atoms with Crippen LogP contribution in [-0.2, 0) is 10.0 Å². The molecule has 1 heterocycles. The molecule has 0 saturated carbocycles. The Morgan fingerprint density at radius 3 is 2.67 bits per heavy atom. The van der Waals surface area contributed by atoms with Crippen molar-refractivity contribution >= 4 is 26.6 Å². The molecule has 0 unspecified atom stereocenters. The van der Waals surface area contributed by atoms with Crippen molar-refractivity contribution in [2.45, 2.75) is 4.90 Å². The number of anilines is 1. The van der Waals surface area contributed by atoms with Crippen molar-refractivity contribution in [1.29, 1.82) is 0 Å². The number of nitrogens with zero attached hydrogens (tertiary/aromatic N) is 1. The number of aromatic amines is 1. The van der Waals surface area contributed by atoms with Gasteiger partial charge in [-0.2, -0.15) is 5.10 Å². The van der Waals surface area contributed by atoms with E-state index in [2.05, 4.69) is 14.9 Å². The summed E-state index contributed by atoms with van der Waals surface area (Å²) in [5.74, 6) is -1.99. The molecule has 3 rings (SSSR count). The van der Waals surface area contributed by atoms with E-state index >= 15 is 0 Å². The van der Waals surface area contributed by atoms with E-state index in [1.807, 2.05) is 0 Å². The van der Waals surface area contributed by atoms with Crippen LogP contribution in [0.3, 0.4) is 0 Å². The van der Waals surface area contributed by atoms with Gasteiger partial charge in [0.25, 0.3) is 10.0 Å². The third kappa shape index (κ3) is 2.57. The maximum absolute atomic E-state index is 13.6. The minimum Gasteiger partial charge on any atom is -0.279 e. The standard InChI is InChI=1S/C13H9F2N3O2S/c14-9-2-4-13(11(15)5-9)21(19,20)18-10-3-1-8-7-16-17-12(8)6-10/h1-7,18H,(H,16,17). The molecule has 0 atom stereocenters. The fourth-order valence-electron chi connectivity index (χ4n) is 1.90. The molecule has 3 aromatic rings. The second kappa shape index (κ2) is 4.81. The number of nitrogens with one attached hydrogen (secondary N) is 2. The Morgan fingerprint density at radius 1 is 1.10 bits per heavy atom. The van der Waals surface area contributed by atoms with Crippen molar-refractivity contribution in [3.05, 3.63) is 54.2 Å². The van der Waals surface area contributed by atoms with Crippen molar-refractivity contribution in [3.63, 3.8) is 0 Å². The topological polar surface area (TPSA) is 74.8 Å². The summed E-state index contributed by atoms with van der Waals surface area (Å²) in [6, 6.07) is 7.00. The molecule has 0 aliphatic rings. The van der Waals surface area contributed by atoms with Gasteiger partial charge in [0.2, 0.25) is 0 Å². The molecular weight excluding hydrogens is 300 g/mol. The average molecular weight is 309 g/mol. The Balaban J connectivity index is 1.98. The molecular formula is C13H9F2N3O2S. The summed E-state index contributed by atoms with van der Waals surface area (Å²) in [5, 5.41) is 7.32. The molecule has 0 saturated heterocycles. The summed E-state index contributed by atoms with van der Waals surface area (Å²) in [6.45, 7) is 0. The van der Waals surface area contributed by atoms with Crippen LogP contribution in [0.4, 0.5) is 14.5 Å². The highest BCUT2D eigenvalue weighted by atomic mass is 32.2. The van der Waals surface area contributed by atoms with Crippen LogP contribution in [0.15, 0.2) is 47.5 Å². The summed E-state index contributed by atoms with van der Waals surface area (Å²) in [4.78, 5) is -0.617. The quantitative estimate of drug-likeness (QED) is 0.781. The second-order valence-corrected chi connectivity index (χ2v) is 6.00. The summed E-state index contributed by atoms with van der Waals surface area (Å²) < 4.78 is 52.9. The molecule has 0 aliphatic carbocycles. The van der Waals surface area contributed by atoms with Crippen LogP contribution >= 0.6 is 0 Å². The van der Waals surface area contributed by atoms with Gasteiger partial charge in [0.15, 0.2) is 0 Å². The monoisotopic (exact) mass is 309 g/mol. The SMILES string of the molecule is O=S(=O)(Nc1ccc2cn[nH]c2c1)c1ccc(F)cc1F. The first-order valence-electron chi connectivity index (χ1n) is 5.87. The zero-order valence-corrected chi connectivity index (χ0v) is 11.3. The van der Waals surface area contributed by atoms with Gasteiger partial charge in [0, 0.05) is 11.5 Å². The summed E-state index contributed by atoms with van der Waals surface area (Å²) in [6.07, 6.45) is 1.59. The number of sulfonamides is 1. The second-order valence-electron chi connectivity index (χ2n) is 4.35. The van der Waals surface area contributed by atoms with Gasteiger partial charge in [-0.3, -0.25) is 9.82 Å². The zero-order valence-electron chi connectivity index (χ0n) is 10.5. The molecule has 0 fully saturated rings. The lowest BCUT2D eigenvalue weighted by Crippen LogP contribution is -2.14. The minimum atomic E-state index is -4.14. The largest absolute Gasteiger partial charge is 0.279 e. The molecule has 21 heavy (non-hydrogen) atoms. The maximum atomic E-state index is 13.6. The molecule has 108 valence electrons. The number of hydrogen-bond acceptors (Lipinski definition) is 3. The number of rotatable bonds is 3. The first-order chi connectivity index (χ1) is 9.95. The fourth-order valence-corrected chi connectivity index (χ4v) is 3.01. The molecule has 0 aliphatic heterocycles. The van der Waals surface area contributed by atoms with Crippen LogP contribution in [-0.4, -0.2) is 18.6 Å². The first kappa shape index (κ1) is 13.5. The smallest absolute Gasteiger partial charge is 0.264 e. The van der Waals surface area contributed by atoms with E-state index in [1.54, 1.807) is 12.3 Å². The van der Waals surface area contributed by atoms with Crippen LogP contribution in [0.1, 0.15) is 0 Å². The minimum absolute atomic E-state index is 0.246. The van der Waals surface area contributed by atoms with Crippen molar-refractivity contribution in [2.24, 2.45) is 0 Å². The maximum Gasteiger partial charge on any atom is 0.264 e. The average Bonchev–Trinajstić information content (AvgIpc) is 2.85. The third-order valence-corrected chi connectivity index (χ3v) is 4.29. The zero-order chi connectivity index (χ0) is 15.0. The number of H-pyrrole nitrogens is 1. The highest BCUT2D eigenvalue weighted by molar-refractivity contribution is 7.92. The third-order valence-electron chi connectivity index (χ3n) is 2.88. The van der Waals surface area contributed by atoms with Gasteiger partial charge in [-0.1, -0.05) is 0 Å². The van der Waals surface area contributed by atoms with Gasteiger partial charge >= 0.3 is 0 Å². The van der Waals surface area contributed by atoms with Gasteiger partial charge in [-0.15, -0.1) is 0 Å². The highest BCUT2D eigenvalue weighted by Gasteiger charge is 2.19. The van der Waals surface area contributed by atoms with E-state index in [4.69, 9.17) is 0 Å². The predicted molar refractivity (Wildman–Crippen MR) is 73.3 cm³/mol. The number of halogens is 2. The van der Waals surface area contributed by atoms with Crippen LogP contribution in [0, 0.1) is 11.6 Å². The van der Waals surface area contributed by atoms with E-state index in [1.165, 1.54) is 12.1 Å². The van der Waals surface area contributed by atoms with E-state index in [0.717, 1.165) is 17.5 Å². The number of fused-ring (bicyclic) bond motifs is 1. The molecule has 2 N–H and O–H groups in total. The molecule has 1 aromatic heterocycles. The fraction of sp³-hybridized carbons (Fsp3) is 0.